The minimum Gasteiger partial charge on any atom is -0.283 e. The van der Waals surface area contributed by atoms with Gasteiger partial charge in [-0.25, -0.2) is 8.42 Å². The normalized spacial score (nSPS) is 11.6. The second-order valence-electron chi connectivity index (χ2n) is 3.51. The maximum absolute atomic E-state index is 11.2. The Balaban J connectivity index is 2.68. The largest absolute Gasteiger partial charge is 0.283 e. The summed E-state index contributed by atoms with van der Waals surface area (Å²) in [6.45, 7) is 0. The zero-order chi connectivity index (χ0) is 11.8. The average molecular weight is 300 g/mol. The van der Waals surface area contributed by atoms with Crippen molar-refractivity contribution in [1.82, 2.24) is 0 Å². The van der Waals surface area contributed by atoms with Crippen molar-refractivity contribution in [2.75, 3.05) is 11.0 Å². The molecule has 0 spiro atoms. The monoisotopic (exact) mass is 299 g/mol. The second-order valence-corrected chi connectivity index (χ2v) is 6.12. The Morgan fingerprint density at radius 1 is 1.06 bits per heavy atom. The topological polar surface area (TPSA) is 46.2 Å². The van der Waals surface area contributed by atoms with Crippen molar-refractivity contribution >= 4 is 42.4 Å². The van der Waals surface area contributed by atoms with E-state index in [9.17, 15) is 8.42 Å². The molecule has 0 bridgehead atoms. The summed E-state index contributed by atoms with van der Waals surface area (Å²) in [5.41, 5.74) is 0.598. The van der Waals surface area contributed by atoms with E-state index in [0.717, 1.165) is 21.5 Å². The summed E-state index contributed by atoms with van der Waals surface area (Å²) in [7, 11) is -3.25. The fraction of sp³-hybridized carbons (Fsp3) is 0.0909. The first-order chi connectivity index (χ1) is 7.47. The Kier molecular flexibility index (Phi) is 2.90. The molecule has 3 nitrogen and oxygen atoms in total. The summed E-state index contributed by atoms with van der Waals surface area (Å²) in [5, 5.41) is 1.86. The van der Waals surface area contributed by atoms with Crippen LogP contribution in [0, 0.1) is 0 Å². The van der Waals surface area contributed by atoms with Crippen LogP contribution in [-0.2, 0) is 10.0 Å². The highest BCUT2D eigenvalue weighted by atomic mass is 79.9. The number of anilines is 1. The SMILES string of the molecule is CS(=O)(=O)Nc1ccc(Br)c2ccccc12. The average Bonchev–Trinajstić information content (AvgIpc) is 2.21. The van der Waals surface area contributed by atoms with Gasteiger partial charge in [-0.3, -0.25) is 4.72 Å². The molecule has 0 aromatic heterocycles. The Bertz CT molecular complexity index is 637. The van der Waals surface area contributed by atoms with Gasteiger partial charge in [0.05, 0.1) is 11.9 Å². The first-order valence-corrected chi connectivity index (χ1v) is 7.31. The predicted molar refractivity (Wildman–Crippen MR) is 70.1 cm³/mol. The van der Waals surface area contributed by atoms with Crippen LogP contribution < -0.4 is 4.72 Å². The molecule has 2 aromatic carbocycles. The first kappa shape index (κ1) is 11.4. The molecule has 0 aliphatic heterocycles. The first-order valence-electron chi connectivity index (χ1n) is 4.62. The van der Waals surface area contributed by atoms with Gasteiger partial charge in [-0.1, -0.05) is 40.2 Å². The molecule has 0 radical (unpaired) electrons. The second kappa shape index (κ2) is 4.07. The molecule has 0 fully saturated rings. The summed E-state index contributed by atoms with van der Waals surface area (Å²) in [6.07, 6.45) is 1.14. The van der Waals surface area contributed by atoms with E-state index in [1.54, 1.807) is 6.07 Å². The molecule has 0 saturated heterocycles. The van der Waals surface area contributed by atoms with Crippen molar-refractivity contribution in [3.63, 3.8) is 0 Å². The van der Waals surface area contributed by atoms with Crippen molar-refractivity contribution in [2.24, 2.45) is 0 Å². The summed E-state index contributed by atoms with van der Waals surface area (Å²) < 4.78 is 25.9. The molecule has 0 unspecified atom stereocenters. The third-order valence-electron chi connectivity index (χ3n) is 2.17. The lowest BCUT2D eigenvalue weighted by Gasteiger charge is -2.09. The number of benzene rings is 2. The van der Waals surface area contributed by atoms with E-state index < -0.39 is 10.0 Å². The minimum absolute atomic E-state index is 0.598. The highest BCUT2D eigenvalue weighted by Gasteiger charge is 2.07. The van der Waals surface area contributed by atoms with E-state index in [4.69, 9.17) is 0 Å². The molecule has 0 aliphatic rings. The van der Waals surface area contributed by atoms with Crippen molar-refractivity contribution in [1.29, 1.82) is 0 Å². The molecule has 16 heavy (non-hydrogen) atoms. The van der Waals surface area contributed by atoms with Crippen LogP contribution in [0.25, 0.3) is 10.8 Å². The highest BCUT2D eigenvalue weighted by molar-refractivity contribution is 9.10. The predicted octanol–water partition coefficient (Wildman–Crippen LogP) is 2.97. The van der Waals surface area contributed by atoms with Crippen LogP contribution in [0.2, 0.25) is 0 Å². The number of hydrogen-bond donors (Lipinski definition) is 1. The third-order valence-corrected chi connectivity index (χ3v) is 3.45. The number of halogens is 1. The van der Waals surface area contributed by atoms with Gasteiger partial charge in [-0.05, 0) is 17.5 Å². The highest BCUT2D eigenvalue weighted by Crippen LogP contribution is 2.30. The van der Waals surface area contributed by atoms with Crippen molar-refractivity contribution in [2.45, 2.75) is 0 Å². The molecular formula is C11H10BrNO2S. The van der Waals surface area contributed by atoms with E-state index in [1.165, 1.54) is 0 Å². The van der Waals surface area contributed by atoms with Gasteiger partial charge in [-0.15, -0.1) is 0 Å². The Hall–Kier alpha value is -1.07. The van der Waals surface area contributed by atoms with Crippen LogP contribution in [0.3, 0.4) is 0 Å². The lowest BCUT2D eigenvalue weighted by Crippen LogP contribution is -2.09. The van der Waals surface area contributed by atoms with Crippen molar-refractivity contribution in [3.8, 4) is 0 Å². The molecule has 0 atom stereocenters. The van der Waals surface area contributed by atoms with E-state index in [2.05, 4.69) is 20.7 Å². The van der Waals surface area contributed by atoms with Gasteiger partial charge in [0.15, 0.2) is 0 Å². The molecule has 0 amide bonds. The van der Waals surface area contributed by atoms with Gasteiger partial charge >= 0.3 is 0 Å². The van der Waals surface area contributed by atoms with Gasteiger partial charge in [0.1, 0.15) is 0 Å². The molecular weight excluding hydrogens is 290 g/mol. The van der Waals surface area contributed by atoms with Gasteiger partial charge < -0.3 is 0 Å². The zero-order valence-electron chi connectivity index (χ0n) is 8.57. The van der Waals surface area contributed by atoms with Crippen molar-refractivity contribution in [3.05, 3.63) is 40.9 Å². The Morgan fingerprint density at radius 3 is 2.31 bits per heavy atom. The molecule has 0 saturated carbocycles. The molecule has 0 aliphatic carbocycles. The van der Waals surface area contributed by atoms with Crippen LogP contribution in [0.15, 0.2) is 40.9 Å². The van der Waals surface area contributed by atoms with Crippen LogP contribution >= 0.6 is 15.9 Å². The lowest BCUT2D eigenvalue weighted by molar-refractivity contribution is 0.607. The van der Waals surface area contributed by atoms with E-state index in [-0.39, 0.29) is 0 Å². The summed E-state index contributed by atoms with van der Waals surface area (Å²) in [6, 6.07) is 11.2. The molecule has 2 aromatic rings. The maximum atomic E-state index is 11.2. The van der Waals surface area contributed by atoms with E-state index in [0.29, 0.717) is 5.69 Å². The summed E-state index contributed by atoms with van der Waals surface area (Å²) >= 11 is 3.43. The van der Waals surface area contributed by atoms with Crippen LogP contribution in [0.4, 0.5) is 5.69 Å². The van der Waals surface area contributed by atoms with Gasteiger partial charge in [0, 0.05) is 9.86 Å². The van der Waals surface area contributed by atoms with Gasteiger partial charge in [-0.2, -0.15) is 0 Å². The van der Waals surface area contributed by atoms with Crippen LogP contribution in [-0.4, -0.2) is 14.7 Å². The molecule has 0 heterocycles. The fourth-order valence-corrected chi connectivity index (χ4v) is 2.61. The quantitative estimate of drug-likeness (QED) is 0.927. The standard InChI is InChI=1S/C11H10BrNO2S/c1-16(14,15)13-11-7-6-10(12)8-4-2-3-5-9(8)11/h2-7,13H,1H3. The lowest BCUT2D eigenvalue weighted by atomic mass is 10.1. The maximum Gasteiger partial charge on any atom is 0.229 e. The molecule has 2 rings (SSSR count). The Labute approximate surface area is 103 Å². The number of rotatable bonds is 2. The van der Waals surface area contributed by atoms with Crippen molar-refractivity contribution < 1.29 is 8.42 Å². The van der Waals surface area contributed by atoms with Crippen LogP contribution in [0.1, 0.15) is 0 Å². The van der Waals surface area contributed by atoms with Crippen LogP contribution in [0.5, 0.6) is 0 Å². The van der Waals surface area contributed by atoms with E-state index in [1.807, 2.05) is 30.3 Å². The molecule has 84 valence electrons. The number of fused-ring (bicyclic) bond motifs is 1. The number of sulfonamides is 1. The van der Waals surface area contributed by atoms with Gasteiger partial charge in [0.2, 0.25) is 10.0 Å². The van der Waals surface area contributed by atoms with Gasteiger partial charge in [0.25, 0.3) is 0 Å². The summed E-state index contributed by atoms with van der Waals surface area (Å²) in [5.74, 6) is 0. The smallest absolute Gasteiger partial charge is 0.229 e. The number of nitrogens with one attached hydrogen (secondary N) is 1. The minimum atomic E-state index is -3.25. The summed E-state index contributed by atoms with van der Waals surface area (Å²) in [4.78, 5) is 0. The zero-order valence-corrected chi connectivity index (χ0v) is 11.0. The number of hydrogen-bond acceptors (Lipinski definition) is 2. The molecule has 1 N–H and O–H groups in total. The molecule has 5 heteroatoms. The third kappa shape index (κ3) is 2.36. The fourth-order valence-electron chi connectivity index (χ4n) is 1.55. The van der Waals surface area contributed by atoms with E-state index >= 15 is 0 Å². The Morgan fingerprint density at radius 2 is 1.69 bits per heavy atom.